The van der Waals surface area contributed by atoms with Crippen LogP contribution in [0.1, 0.15) is 23.9 Å². The molecule has 4 nitrogen and oxygen atoms in total. The van der Waals surface area contributed by atoms with Gasteiger partial charge in [0.25, 0.3) is 0 Å². The molecule has 1 aliphatic rings. The van der Waals surface area contributed by atoms with Crippen LogP contribution in [0.15, 0.2) is 36.7 Å². The Kier molecular flexibility index (Phi) is 4.68. The third-order valence-corrected chi connectivity index (χ3v) is 4.09. The summed E-state index contributed by atoms with van der Waals surface area (Å²) in [6.07, 6.45) is 5.08. The molecule has 0 bridgehead atoms. The van der Waals surface area contributed by atoms with Gasteiger partial charge in [-0.25, -0.2) is 4.98 Å². The van der Waals surface area contributed by atoms with Gasteiger partial charge in [0, 0.05) is 32.0 Å². The Morgan fingerprint density at radius 2 is 1.95 bits per heavy atom. The van der Waals surface area contributed by atoms with Gasteiger partial charge in [0.1, 0.15) is 5.82 Å². The molecule has 112 valence electrons. The van der Waals surface area contributed by atoms with Gasteiger partial charge in [0.2, 0.25) is 0 Å². The van der Waals surface area contributed by atoms with Gasteiger partial charge in [-0.2, -0.15) is 0 Å². The molecule has 1 aliphatic heterocycles. The second-order valence-electron chi connectivity index (χ2n) is 5.67. The summed E-state index contributed by atoms with van der Waals surface area (Å²) >= 11 is 0. The van der Waals surface area contributed by atoms with E-state index in [0.29, 0.717) is 0 Å². The second kappa shape index (κ2) is 6.87. The van der Waals surface area contributed by atoms with E-state index < -0.39 is 0 Å². The van der Waals surface area contributed by atoms with Crippen LogP contribution >= 0.6 is 0 Å². The van der Waals surface area contributed by atoms with Crippen LogP contribution < -0.4 is 5.32 Å². The highest BCUT2D eigenvalue weighted by atomic mass is 15.2. The first kappa shape index (κ1) is 14.3. The van der Waals surface area contributed by atoms with Crippen LogP contribution in [-0.2, 0) is 26.1 Å². The van der Waals surface area contributed by atoms with Crippen molar-refractivity contribution in [1.82, 2.24) is 19.8 Å². The Labute approximate surface area is 126 Å². The molecule has 2 aromatic rings. The molecule has 0 unspecified atom stereocenters. The van der Waals surface area contributed by atoms with Crippen LogP contribution in [0.3, 0.4) is 0 Å². The fraction of sp³-hybridized carbons (Fsp3) is 0.471. The summed E-state index contributed by atoms with van der Waals surface area (Å²) in [5.74, 6) is 1.18. The van der Waals surface area contributed by atoms with Gasteiger partial charge in [-0.1, -0.05) is 31.2 Å². The number of imidazole rings is 1. The third-order valence-electron chi connectivity index (χ3n) is 4.09. The number of nitrogens with one attached hydrogen (secondary N) is 1. The molecule has 0 spiro atoms. The molecule has 0 aliphatic carbocycles. The molecule has 3 rings (SSSR count). The van der Waals surface area contributed by atoms with Crippen molar-refractivity contribution >= 4 is 0 Å². The van der Waals surface area contributed by atoms with Crippen molar-refractivity contribution in [2.24, 2.45) is 0 Å². The summed E-state index contributed by atoms with van der Waals surface area (Å²) < 4.78 is 2.25. The zero-order valence-electron chi connectivity index (χ0n) is 12.8. The van der Waals surface area contributed by atoms with Gasteiger partial charge in [0.15, 0.2) is 0 Å². The van der Waals surface area contributed by atoms with Gasteiger partial charge >= 0.3 is 0 Å². The molecule has 4 heteroatoms. The maximum Gasteiger partial charge on any atom is 0.122 e. The normalized spacial score (nSPS) is 15.1. The van der Waals surface area contributed by atoms with Crippen molar-refractivity contribution in [1.29, 1.82) is 0 Å². The Bertz CT molecular complexity index is 558. The van der Waals surface area contributed by atoms with E-state index in [4.69, 9.17) is 0 Å². The van der Waals surface area contributed by atoms with Crippen molar-refractivity contribution in [3.8, 4) is 0 Å². The van der Waals surface area contributed by atoms with Gasteiger partial charge in [-0.3, -0.25) is 4.90 Å². The molecule has 21 heavy (non-hydrogen) atoms. The number of likely N-dealkylation sites (N-methyl/N-ethyl adjacent to an activating group) is 1. The smallest absolute Gasteiger partial charge is 0.122 e. The van der Waals surface area contributed by atoms with E-state index in [-0.39, 0.29) is 0 Å². The minimum atomic E-state index is 0.954. The second-order valence-corrected chi connectivity index (χ2v) is 5.67. The summed E-state index contributed by atoms with van der Waals surface area (Å²) in [6.45, 7) is 8.37. The van der Waals surface area contributed by atoms with Crippen molar-refractivity contribution in [2.75, 3.05) is 19.6 Å². The lowest BCUT2D eigenvalue weighted by molar-refractivity contribution is 0.209. The first-order valence-corrected chi connectivity index (χ1v) is 7.86. The summed E-state index contributed by atoms with van der Waals surface area (Å²) in [6, 6.07) is 9.06. The summed E-state index contributed by atoms with van der Waals surface area (Å²) in [7, 11) is 0. The zero-order chi connectivity index (χ0) is 14.5. The van der Waals surface area contributed by atoms with Crippen molar-refractivity contribution in [3.63, 3.8) is 0 Å². The molecule has 0 amide bonds. The minimum Gasteiger partial charge on any atom is -0.333 e. The predicted molar refractivity (Wildman–Crippen MR) is 85.0 cm³/mol. The van der Waals surface area contributed by atoms with E-state index in [1.54, 1.807) is 0 Å². The largest absolute Gasteiger partial charge is 0.333 e. The molecule has 0 saturated carbocycles. The number of hydrogen-bond acceptors (Lipinski definition) is 3. The molecule has 1 aromatic carbocycles. The molecule has 0 fully saturated rings. The molecule has 2 heterocycles. The lowest BCUT2D eigenvalue weighted by Gasteiger charge is -2.27. The molecule has 1 aromatic heterocycles. The highest BCUT2D eigenvalue weighted by Gasteiger charge is 2.16. The molecule has 0 saturated heterocycles. The Morgan fingerprint density at radius 1 is 1.14 bits per heavy atom. The summed E-state index contributed by atoms with van der Waals surface area (Å²) in [5, 5.41) is 3.37. The standard InChI is InChI=1S/C17H24N4/c1-2-18-8-7-15-3-5-16(6-4-15)13-20-11-12-21-10-9-19-17(21)14-20/h3-6,9-10,18H,2,7-8,11-14H2,1H3. The fourth-order valence-corrected chi connectivity index (χ4v) is 2.84. The first-order chi connectivity index (χ1) is 10.3. The predicted octanol–water partition coefficient (Wildman–Crippen LogP) is 2.05. The monoisotopic (exact) mass is 284 g/mol. The molecule has 0 radical (unpaired) electrons. The summed E-state index contributed by atoms with van der Waals surface area (Å²) in [5.41, 5.74) is 2.80. The van der Waals surface area contributed by atoms with E-state index in [1.807, 2.05) is 6.20 Å². The molecular weight excluding hydrogens is 260 g/mol. The van der Waals surface area contributed by atoms with Crippen LogP contribution in [0.25, 0.3) is 0 Å². The van der Waals surface area contributed by atoms with E-state index >= 15 is 0 Å². The third kappa shape index (κ3) is 3.71. The quantitative estimate of drug-likeness (QED) is 0.824. The maximum absolute atomic E-state index is 4.42. The summed E-state index contributed by atoms with van der Waals surface area (Å²) in [4.78, 5) is 6.89. The van der Waals surface area contributed by atoms with Crippen LogP contribution in [-0.4, -0.2) is 34.1 Å². The van der Waals surface area contributed by atoms with Crippen LogP contribution in [0.5, 0.6) is 0 Å². The topological polar surface area (TPSA) is 33.1 Å². The van der Waals surface area contributed by atoms with E-state index in [2.05, 4.69) is 57.2 Å². The number of nitrogens with zero attached hydrogens (tertiary/aromatic N) is 3. The van der Waals surface area contributed by atoms with Crippen LogP contribution in [0.4, 0.5) is 0 Å². The lowest BCUT2D eigenvalue weighted by atomic mass is 10.1. The van der Waals surface area contributed by atoms with Gasteiger partial charge in [0.05, 0.1) is 6.54 Å². The highest BCUT2D eigenvalue weighted by molar-refractivity contribution is 5.23. The van der Waals surface area contributed by atoms with E-state index in [9.17, 15) is 0 Å². The van der Waals surface area contributed by atoms with Crippen LogP contribution in [0.2, 0.25) is 0 Å². The van der Waals surface area contributed by atoms with Crippen LogP contribution in [0, 0.1) is 0 Å². The Balaban J connectivity index is 1.54. The number of hydrogen-bond donors (Lipinski definition) is 1. The Morgan fingerprint density at radius 3 is 2.76 bits per heavy atom. The lowest BCUT2D eigenvalue weighted by Crippen LogP contribution is -2.33. The maximum atomic E-state index is 4.42. The average Bonchev–Trinajstić information content (AvgIpc) is 2.97. The average molecular weight is 284 g/mol. The number of fused-ring (bicyclic) bond motifs is 1. The van der Waals surface area contributed by atoms with Gasteiger partial charge in [-0.05, 0) is 30.6 Å². The number of aromatic nitrogens is 2. The zero-order valence-corrected chi connectivity index (χ0v) is 12.8. The molecular formula is C17H24N4. The number of rotatable bonds is 6. The number of benzene rings is 1. The SMILES string of the molecule is CCNCCc1ccc(CN2CCn3ccnc3C2)cc1. The fourth-order valence-electron chi connectivity index (χ4n) is 2.84. The van der Waals surface area contributed by atoms with Crippen molar-refractivity contribution in [2.45, 2.75) is 33.0 Å². The molecule has 0 atom stereocenters. The molecule has 1 N–H and O–H groups in total. The minimum absolute atomic E-state index is 0.954. The van der Waals surface area contributed by atoms with E-state index in [0.717, 1.165) is 45.7 Å². The van der Waals surface area contributed by atoms with E-state index in [1.165, 1.54) is 17.0 Å². The van der Waals surface area contributed by atoms with Gasteiger partial charge < -0.3 is 9.88 Å². The highest BCUT2D eigenvalue weighted by Crippen LogP contribution is 2.14. The van der Waals surface area contributed by atoms with Crippen molar-refractivity contribution < 1.29 is 0 Å². The Hall–Kier alpha value is -1.65. The van der Waals surface area contributed by atoms with Gasteiger partial charge in [-0.15, -0.1) is 0 Å². The first-order valence-electron chi connectivity index (χ1n) is 7.86. The van der Waals surface area contributed by atoms with Crippen molar-refractivity contribution in [3.05, 3.63) is 53.6 Å².